The Morgan fingerprint density at radius 1 is 1.58 bits per heavy atom. The van der Waals surface area contributed by atoms with Gasteiger partial charge >= 0.3 is 5.97 Å². The van der Waals surface area contributed by atoms with Crippen molar-refractivity contribution < 1.29 is 9.53 Å². The molecular formula is C13H22BrN3O2. The summed E-state index contributed by atoms with van der Waals surface area (Å²) in [5, 5.41) is 7.54. The minimum atomic E-state index is -0.721. The third-order valence-electron chi connectivity index (χ3n) is 2.97. The third-order valence-corrected chi connectivity index (χ3v) is 3.38. The summed E-state index contributed by atoms with van der Waals surface area (Å²) in [6, 6.07) is 0.280. The molecule has 1 N–H and O–H groups in total. The Labute approximate surface area is 122 Å². The van der Waals surface area contributed by atoms with Crippen LogP contribution in [0.2, 0.25) is 0 Å². The molecule has 5 nitrogen and oxygen atoms in total. The largest absolute Gasteiger partial charge is 0.468 e. The minimum absolute atomic E-state index is 0.0849. The maximum absolute atomic E-state index is 12.0. The van der Waals surface area contributed by atoms with Crippen LogP contribution in [-0.4, -0.2) is 34.4 Å². The fourth-order valence-corrected chi connectivity index (χ4v) is 2.61. The number of nitrogens with one attached hydrogen (secondary N) is 1. The number of carbonyl (C=O) groups is 1. The number of ether oxygens (including phenoxy) is 1. The third kappa shape index (κ3) is 4.31. The molecule has 1 aromatic heterocycles. The minimum Gasteiger partial charge on any atom is -0.468 e. The second kappa shape index (κ2) is 6.52. The van der Waals surface area contributed by atoms with Gasteiger partial charge in [0.1, 0.15) is 5.54 Å². The molecule has 2 atom stereocenters. The van der Waals surface area contributed by atoms with Crippen molar-refractivity contribution in [3.63, 3.8) is 0 Å². The van der Waals surface area contributed by atoms with Gasteiger partial charge in [0.25, 0.3) is 0 Å². The van der Waals surface area contributed by atoms with E-state index in [1.165, 1.54) is 7.11 Å². The van der Waals surface area contributed by atoms with Crippen molar-refractivity contribution in [3.05, 3.63) is 16.9 Å². The van der Waals surface area contributed by atoms with E-state index >= 15 is 0 Å². The number of esters is 1. The summed E-state index contributed by atoms with van der Waals surface area (Å²) in [5.41, 5.74) is -0.721. The fraction of sp³-hybridized carbons (Fsp3) is 0.692. The second-order valence-electron chi connectivity index (χ2n) is 5.31. The standard InChI is InChI=1S/C13H22BrN3O2/c1-9(2)16-13(4,12(18)19-5)6-10(3)17-8-11(14)7-15-17/h7-10,16H,6H2,1-5H3. The van der Waals surface area contributed by atoms with E-state index in [2.05, 4.69) is 26.3 Å². The summed E-state index contributed by atoms with van der Waals surface area (Å²) in [6.07, 6.45) is 4.24. The van der Waals surface area contributed by atoms with Crippen LogP contribution in [0.5, 0.6) is 0 Å². The van der Waals surface area contributed by atoms with Gasteiger partial charge in [0.05, 0.1) is 23.8 Å². The molecule has 0 amide bonds. The number of rotatable bonds is 6. The van der Waals surface area contributed by atoms with Crippen molar-refractivity contribution in [1.82, 2.24) is 15.1 Å². The van der Waals surface area contributed by atoms with Gasteiger partial charge in [-0.15, -0.1) is 0 Å². The molecule has 0 bridgehead atoms. The zero-order valence-corrected chi connectivity index (χ0v) is 13.7. The predicted molar refractivity (Wildman–Crippen MR) is 77.9 cm³/mol. The number of hydrogen-bond acceptors (Lipinski definition) is 4. The maximum Gasteiger partial charge on any atom is 0.325 e. The smallest absolute Gasteiger partial charge is 0.325 e. The fourth-order valence-electron chi connectivity index (χ4n) is 2.30. The normalized spacial score (nSPS) is 16.2. The summed E-state index contributed by atoms with van der Waals surface area (Å²) < 4.78 is 7.69. The van der Waals surface area contributed by atoms with Crippen LogP contribution in [-0.2, 0) is 9.53 Å². The van der Waals surface area contributed by atoms with Crippen LogP contribution in [0, 0.1) is 0 Å². The first kappa shape index (κ1) is 16.2. The van der Waals surface area contributed by atoms with Gasteiger partial charge in [0.2, 0.25) is 0 Å². The second-order valence-corrected chi connectivity index (χ2v) is 6.23. The summed E-state index contributed by atoms with van der Waals surface area (Å²) in [7, 11) is 1.41. The van der Waals surface area contributed by atoms with E-state index in [9.17, 15) is 4.79 Å². The molecule has 19 heavy (non-hydrogen) atoms. The Hall–Kier alpha value is -0.880. The summed E-state index contributed by atoms with van der Waals surface area (Å²) in [4.78, 5) is 12.0. The first-order chi connectivity index (χ1) is 8.78. The molecule has 1 rings (SSSR count). The van der Waals surface area contributed by atoms with Gasteiger partial charge in [0.15, 0.2) is 0 Å². The zero-order chi connectivity index (χ0) is 14.6. The Bertz CT molecular complexity index is 433. The number of hydrogen-bond donors (Lipinski definition) is 1. The highest BCUT2D eigenvalue weighted by molar-refractivity contribution is 9.10. The van der Waals surface area contributed by atoms with E-state index in [1.807, 2.05) is 38.6 Å². The topological polar surface area (TPSA) is 56.2 Å². The first-order valence-electron chi connectivity index (χ1n) is 6.34. The highest BCUT2D eigenvalue weighted by Crippen LogP contribution is 2.23. The van der Waals surface area contributed by atoms with Crippen molar-refractivity contribution in [3.8, 4) is 0 Å². The molecule has 108 valence electrons. The van der Waals surface area contributed by atoms with Crippen LogP contribution < -0.4 is 5.32 Å². The molecule has 0 saturated heterocycles. The number of carbonyl (C=O) groups excluding carboxylic acids is 1. The molecule has 0 saturated carbocycles. The van der Waals surface area contributed by atoms with Crippen molar-refractivity contribution in [1.29, 1.82) is 0 Å². The van der Waals surface area contributed by atoms with Gasteiger partial charge in [0, 0.05) is 12.2 Å². The molecule has 1 heterocycles. The van der Waals surface area contributed by atoms with Crippen molar-refractivity contribution in [2.24, 2.45) is 0 Å². The Balaban J connectivity index is 2.85. The molecule has 2 unspecified atom stereocenters. The summed E-state index contributed by atoms with van der Waals surface area (Å²) in [5.74, 6) is -0.251. The van der Waals surface area contributed by atoms with Crippen molar-refractivity contribution in [2.45, 2.75) is 51.7 Å². The maximum atomic E-state index is 12.0. The van der Waals surface area contributed by atoms with E-state index in [1.54, 1.807) is 6.20 Å². The molecule has 6 heteroatoms. The molecule has 0 aromatic carbocycles. The highest BCUT2D eigenvalue weighted by Gasteiger charge is 2.36. The lowest BCUT2D eigenvalue weighted by Crippen LogP contribution is -2.54. The lowest BCUT2D eigenvalue weighted by atomic mass is 9.92. The van der Waals surface area contributed by atoms with E-state index in [4.69, 9.17) is 4.74 Å². The van der Waals surface area contributed by atoms with Gasteiger partial charge < -0.3 is 4.74 Å². The molecule has 0 aliphatic rings. The lowest BCUT2D eigenvalue weighted by molar-refractivity contribution is -0.149. The molecule has 1 aromatic rings. The van der Waals surface area contributed by atoms with Gasteiger partial charge in [-0.3, -0.25) is 14.8 Å². The van der Waals surface area contributed by atoms with E-state index < -0.39 is 5.54 Å². The van der Waals surface area contributed by atoms with Gasteiger partial charge in [-0.2, -0.15) is 5.10 Å². The monoisotopic (exact) mass is 331 g/mol. The Kier molecular flexibility index (Phi) is 5.55. The number of aromatic nitrogens is 2. The predicted octanol–water partition coefficient (Wildman–Crippen LogP) is 2.53. The lowest BCUT2D eigenvalue weighted by Gasteiger charge is -2.32. The number of halogens is 1. The van der Waals surface area contributed by atoms with Crippen LogP contribution in [0.4, 0.5) is 0 Å². The molecule has 0 aliphatic carbocycles. The Morgan fingerprint density at radius 3 is 2.63 bits per heavy atom. The molecule has 0 radical (unpaired) electrons. The van der Waals surface area contributed by atoms with Crippen molar-refractivity contribution >= 4 is 21.9 Å². The van der Waals surface area contributed by atoms with Gasteiger partial charge in [-0.25, -0.2) is 0 Å². The SMILES string of the molecule is COC(=O)C(C)(CC(C)n1cc(Br)cn1)NC(C)C. The zero-order valence-electron chi connectivity index (χ0n) is 12.1. The first-order valence-corrected chi connectivity index (χ1v) is 7.13. The quantitative estimate of drug-likeness (QED) is 0.814. The van der Waals surface area contributed by atoms with Gasteiger partial charge in [-0.1, -0.05) is 0 Å². The van der Waals surface area contributed by atoms with Gasteiger partial charge in [-0.05, 0) is 50.0 Å². The van der Waals surface area contributed by atoms with Crippen LogP contribution >= 0.6 is 15.9 Å². The van der Waals surface area contributed by atoms with E-state index in [0.29, 0.717) is 6.42 Å². The molecule has 0 fully saturated rings. The molecule has 0 spiro atoms. The average Bonchev–Trinajstić information content (AvgIpc) is 2.73. The number of methoxy groups -OCH3 is 1. The summed E-state index contributed by atoms with van der Waals surface area (Å²) in [6.45, 7) is 7.92. The van der Waals surface area contributed by atoms with E-state index in [0.717, 1.165) is 4.47 Å². The van der Waals surface area contributed by atoms with Crippen molar-refractivity contribution in [2.75, 3.05) is 7.11 Å². The average molecular weight is 332 g/mol. The number of nitrogens with zero attached hydrogens (tertiary/aromatic N) is 2. The van der Waals surface area contributed by atoms with Crippen LogP contribution in [0.15, 0.2) is 16.9 Å². The molecular weight excluding hydrogens is 310 g/mol. The van der Waals surface area contributed by atoms with Crippen LogP contribution in [0.25, 0.3) is 0 Å². The van der Waals surface area contributed by atoms with Crippen LogP contribution in [0.1, 0.15) is 40.2 Å². The van der Waals surface area contributed by atoms with Crippen LogP contribution in [0.3, 0.4) is 0 Å². The summed E-state index contributed by atoms with van der Waals surface area (Å²) >= 11 is 3.37. The Morgan fingerprint density at radius 2 is 2.21 bits per heavy atom. The molecule has 0 aliphatic heterocycles. The highest BCUT2D eigenvalue weighted by atomic mass is 79.9. The van der Waals surface area contributed by atoms with E-state index in [-0.39, 0.29) is 18.1 Å².